The highest BCUT2D eigenvalue weighted by Crippen LogP contribution is 2.36. The Morgan fingerprint density at radius 1 is 0.968 bits per heavy atom. The standard InChI is InChI=1S/C25H27N5O/c31-25(18-8-6-9-18)30-15-5-4-13-22(30)24-28-21(19-10-7-14-26-17-19)16-23(29-24)27-20-11-2-1-3-12-20/h1-3,7,10-12,14,16-18,22H,4-6,8-9,13,15H2,(H,27,28,29)/t22-/m1/s1. The Kier molecular flexibility index (Phi) is 5.61. The van der Waals surface area contributed by atoms with Gasteiger partial charge in [0.15, 0.2) is 5.82 Å². The molecule has 1 aromatic carbocycles. The number of carbonyl (C=O) groups excluding carboxylic acids is 1. The first kappa shape index (κ1) is 19.7. The monoisotopic (exact) mass is 413 g/mol. The summed E-state index contributed by atoms with van der Waals surface area (Å²) in [6.07, 6.45) is 9.80. The van der Waals surface area contributed by atoms with Crippen molar-refractivity contribution < 1.29 is 4.79 Å². The van der Waals surface area contributed by atoms with E-state index in [1.165, 1.54) is 0 Å². The molecular weight excluding hydrogens is 386 g/mol. The fraction of sp³-hybridized carbons (Fsp3) is 0.360. The molecule has 3 heterocycles. The minimum absolute atomic E-state index is 0.0743. The van der Waals surface area contributed by atoms with Crippen LogP contribution in [0, 0.1) is 5.92 Å². The van der Waals surface area contributed by atoms with Crippen molar-refractivity contribution in [1.29, 1.82) is 0 Å². The zero-order valence-corrected chi connectivity index (χ0v) is 17.6. The quantitative estimate of drug-likeness (QED) is 0.627. The van der Waals surface area contributed by atoms with Crippen LogP contribution in [0.3, 0.4) is 0 Å². The minimum Gasteiger partial charge on any atom is -0.340 e. The highest BCUT2D eigenvalue weighted by Gasteiger charge is 2.36. The van der Waals surface area contributed by atoms with Gasteiger partial charge in [0.2, 0.25) is 5.91 Å². The summed E-state index contributed by atoms with van der Waals surface area (Å²) in [6.45, 7) is 0.794. The SMILES string of the molecule is O=C(C1CCC1)N1CCCC[C@@H]1c1nc(Nc2ccccc2)cc(-c2cccnc2)n1. The maximum Gasteiger partial charge on any atom is 0.226 e. The third kappa shape index (κ3) is 4.29. The zero-order valence-electron chi connectivity index (χ0n) is 17.6. The summed E-state index contributed by atoms with van der Waals surface area (Å²) in [5, 5.41) is 3.41. The second-order valence-corrected chi connectivity index (χ2v) is 8.40. The van der Waals surface area contributed by atoms with E-state index in [1.807, 2.05) is 59.6 Å². The second-order valence-electron chi connectivity index (χ2n) is 8.40. The van der Waals surface area contributed by atoms with Crippen LogP contribution in [0.4, 0.5) is 11.5 Å². The van der Waals surface area contributed by atoms with Gasteiger partial charge in [0, 0.05) is 42.2 Å². The molecule has 1 N–H and O–H groups in total. The molecule has 6 heteroatoms. The van der Waals surface area contributed by atoms with Crippen LogP contribution in [0.1, 0.15) is 50.4 Å². The fourth-order valence-corrected chi connectivity index (χ4v) is 4.36. The van der Waals surface area contributed by atoms with E-state index in [-0.39, 0.29) is 17.9 Å². The molecular formula is C25H27N5O. The van der Waals surface area contributed by atoms with Crippen molar-refractivity contribution in [2.45, 2.75) is 44.6 Å². The van der Waals surface area contributed by atoms with Crippen LogP contribution in [-0.4, -0.2) is 32.3 Å². The lowest BCUT2D eigenvalue weighted by Gasteiger charge is -2.39. The number of piperidine rings is 1. The predicted octanol–water partition coefficient (Wildman–Crippen LogP) is 5.14. The maximum absolute atomic E-state index is 13.1. The van der Waals surface area contributed by atoms with Crippen LogP contribution < -0.4 is 5.32 Å². The van der Waals surface area contributed by atoms with Crippen molar-refractivity contribution in [2.24, 2.45) is 5.92 Å². The predicted molar refractivity (Wildman–Crippen MR) is 121 cm³/mol. The third-order valence-electron chi connectivity index (χ3n) is 6.29. The number of amides is 1. The number of para-hydroxylation sites is 1. The molecule has 1 saturated carbocycles. The Morgan fingerprint density at radius 3 is 2.58 bits per heavy atom. The Morgan fingerprint density at radius 2 is 1.84 bits per heavy atom. The summed E-state index contributed by atoms with van der Waals surface area (Å²) in [4.78, 5) is 29.2. The number of hydrogen-bond acceptors (Lipinski definition) is 5. The average molecular weight is 414 g/mol. The molecule has 0 spiro atoms. The molecule has 1 atom stereocenters. The van der Waals surface area contributed by atoms with Gasteiger partial charge in [-0.3, -0.25) is 9.78 Å². The lowest BCUT2D eigenvalue weighted by molar-refractivity contribution is -0.142. The fourth-order valence-electron chi connectivity index (χ4n) is 4.36. The zero-order chi connectivity index (χ0) is 21.0. The Balaban J connectivity index is 1.52. The molecule has 0 unspecified atom stereocenters. The molecule has 0 radical (unpaired) electrons. The summed E-state index contributed by atoms with van der Waals surface area (Å²) in [5.74, 6) is 1.91. The Hall–Kier alpha value is -3.28. The topological polar surface area (TPSA) is 71.0 Å². The van der Waals surface area contributed by atoms with Crippen molar-refractivity contribution in [3.8, 4) is 11.3 Å². The summed E-state index contributed by atoms with van der Waals surface area (Å²) in [5.41, 5.74) is 2.73. The average Bonchev–Trinajstić information content (AvgIpc) is 2.79. The molecule has 1 amide bonds. The second kappa shape index (κ2) is 8.84. The Labute approximate surface area is 182 Å². The van der Waals surface area contributed by atoms with Crippen molar-refractivity contribution in [3.63, 3.8) is 0 Å². The number of benzene rings is 1. The molecule has 2 aromatic heterocycles. The van der Waals surface area contributed by atoms with Gasteiger partial charge in [0.25, 0.3) is 0 Å². The first-order valence-corrected chi connectivity index (χ1v) is 11.2. The van der Waals surface area contributed by atoms with Gasteiger partial charge in [-0.25, -0.2) is 9.97 Å². The highest BCUT2D eigenvalue weighted by atomic mass is 16.2. The highest BCUT2D eigenvalue weighted by molar-refractivity contribution is 5.80. The van der Waals surface area contributed by atoms with E-state index in [2.05, 4.69) is 10.3 Å². The first-order valence-electron chi connectivity index (χ1n) is 11.2. The largest absolute Gasteiger partial charge is 0.340 e. The van der Waals surface area contributed by atoms with Crippen LogP contribution in [0.15, 0.2) is 60.9 Å². The third-order valence-corrected chi connectivity index (χ3v) is 6.29. The number of carbonyl (C=O) groups is 1. The van der Waals surface area contributed by atoms with E-state index in [0.717, 1.165) is 67.8 Å². The summed E-state index contributed by atoms with van der Waals surface area (Å²) >= 11 is 0. The van der Waals surface area contributed by atoms with E-state index in [4.69, 9.17) is 9.97 Å². The molecule has 158 valence electrons. The molecule has 1 aliphatic carbocycles. The molecule has 2 aliphatic rings. The van der Waals surface area contributed by atoms with Gasteiger partial charge in [-0.2, -0.15) is 0 Å². The van der Waals surface area contributed by atoms with Crippen LogP contribution in [0.2, 0.25) is 0 Å². The number of aromatic nitrogens is 3. The number of nitrogens with zero attached hydrogens (tertiary/aromatic N) is 4. The molecule has 0 bridgehead atoms. The summed E-state index contributed by atoms with van der Waals surface area (Å²) in [7, 11) is 0. The van der Waals surface area contributed by atoms with Gasteiger partial charge >= 0.3 is 0 Å². The van der Waals surface area contributed by atoms with E-state index in [1.54, 1.807) is 6.20 Å². The van der Waals surface area contributed by atoms with E-state index >= 15 is 0 Å². The van der Waals surface area contributed by atoms with Gasteiger partial charge in [-0.1, -0.05) is 24.6 Å². The van der Waals surface area contributed by atoms with Crippen LogP contribution in [0.5, 0.6) is 0 Å². The minimum atomic E-state index is -0.0743. The van der Waals surface area contributed by atoms with Gasteiger partial charge < -0.3 is 10.2 Å². The number of nitrogens with one attached hydrogen (secondary N) is 1. The lowest BCUT2D eigenvalue weighted by Crippen LogP contribution is -2.44. The van der Waals surface area contributed by atoms with Crippen molar-refractivity contribution in [3.05, 3.63) is 66.7 Å². The molecule has 3 aromatic rings. The molecule has 31 heavy (non-hydrogen) atoms. The van der Waals surface area contributed by atoms with Gasteiger partial charge in [-0.15, -0.1) is 0 Å². The summed E-state index contributed by atoms with van der Waals surface area (Å²) in [6, 6.07) is 15.8. The number of anilines is 2. The van der Waals surface area contributed by atoms with Crippen molar-refractivity contribution in [2.75, 3.05) is 11.9 Å². The van der Waals surface area contributed by atoms with E-state index in [0.29, 0.717) is 5.82 Å². The molecule has 2 fully saturated rings. The molecule has 1 saturated heterocycles. The van der Waals surface area contributed by atoms with Gasteiger partial charge in [-0.05, 0) is 56.4 Å². The Bertz CT molecular complexity index is 1040. The number of rotatable bonds is 5. The van der Waals surface area contributed by atoms with Crippen LogP contribution >= 0.6 is 0 Å². The van der Waals surface area contributed by atoms with Crippen molar-refractivity contribution in [1.82, 2.24) is 19.9 Å². The van der Waals surface area contributed by atoms with E-state index < -0.39 is 0 Å². The first-order chi connectivity index (χ1) is 15.3. The lowest BCUT2D eigenvalue weighted by atomic mass is 9.83. The van der Waals surface area contributed by atoms with Crippen LogP contribution in [0.25, 0.3) is 11.3 Å². The van der Waals surface area contributed by atoms with Gasteiger partial charge in [0.05, 0.1) is 11.7 Å². The maximum atomic E-state index is 13.1. The number of pyridine rings is 1. The normalized spacial score (nSPS) is 19.0. The van der Waals surface area contributed by atoms with E-state index in [9.17, 15) is 4.79 Å². The molecule has 5 rings (SSSR count). The smallest absolute Gasteiger partial charge is 0.226 e. The van der Waals surface area contributed by atoms with Crippen LogP contribution in [-0.2, 0) is 4.79 Å². The molecule has 6 nitrogen and oxygen atoms in total. The van der Waals surface area contributed by atoms with Gasteiger partial charge in [0.1, 0.15) is 5.82 Å². The summed E-state index contributed by atoms with van der Waals surface area (Å²) < 4.78 is 0. The molecule has 1 aliphatic heterocycles. The van der Waals surface area contributed by atoms with Crippen molar-refractivity contribution >= 4 is 17.4 Å². The number of hydrogen-bond donors (Lipinski definition) is 1. The number of likely N-dealkylation sites (tertiary alicyclic amines) is 1.